The predicted molar refractivity (Wildman–Crippen MR) is 124 cm³/mol. The molecule has 0 bridgehead atoms. The highest BCUT2D eigenvalue weighted by Gasteiger charge is 2.35. The third-order valence-electron chi connectivity index (χ3n) is 6.44. The summed E-state index contributed by atoms with van der Waals surface area (Å²) in [6, 6.07) is 7.02. The number of thiophene rings is 1. The molecule has 0 spiro atoms. The van der Waals surface area contributed by atoms with Crippen molar-refractivity contribution in [2.75, 3.05) is 18.4 Å². The van der Waals surface area contributed by atoms with Crippen molar-refractivity contribution >= 4 is 39.8 Å². The summed E-state index contributed by atoms with van der Waals surface area (Å²) in [7, 11) is 0. The first-order valence-corrected chi connectivity index (χ1v) is 11.9. The SMILES string of the molecule is CC(C)(C)[C@@H]1CCc2c(sc(NC(=O)c3ccccc3Cl)c2C(=O)N2CCCC2)C1. The summed E-state index contributed by atoms with van der Waals surface area (Å²) in [4.78, 5) is 29.6. The van der Waals surface area contributed by atoms with Gasteiger partial charge in [-0.15, -0.1) is 11.3 Å². The first-order chi connectivity index (χ1) is 14.3. The van der Waals surface area contributed by atoms with Crippen molar-refractivity contribution in [2.45, 2.75) is 52.9 Å². The van der Waals surface area contributed by atoms with Gasteiger partial charge in [0.2, 0.25) is 0 Å². The van der Waals surface area contributed by atoms with Crippen LogP contribution < -0.4 is 5.32 Å². The van der Waals surface area contributed by atoms with E-state index in [1.165, 1.54) is 4.88 Å². The van der Waals surface area contributed by atoms with E-state index >= 15 is 0 Å². The van der Waals surface area contributed by atoms with E-state index in [0.29, 0.717) is 27.1 Å². The minimum absolute atomic E-state index is 0.0636. The first kappa shape index (κ1) is 21.4. The van der Waals surface area contributed by atoms with Gasteiger partial charge >= 0.3 is 0 Å². The summed E-state index contributed by atoms with van der Waals surface area (Å²) in [5.74, 6) is 0.376. The molecule has 1 saturated heterocycles. The van der Waals surface area contributed by atoms with Crippen molar-refractivity contribution in [3.05, 3.63) is 50.9 Å². The number of fused-ring (bicyclic) bond motifs is 1. The van der Waals surface area contributed by atoms with Gasteiger partial charge in [0.15, 0.2) is 0 Å². The molecular weight excluding hydrogens is 416 g/mol. The fourth-order valence-electron chi connectivity index (χ4n) is 4.53. The molecule has 30 heavy (non-hydrogen) atoms. The number of carbonyl (C=O) groups excluding carboxylic acids is 2. The molecule has 2 amide bonds. The standard InChI is InChI=1S/C24H29ClN2O2S/c1-24(2,3)15-10-11-17-19(14-15)30-22(20(17)23(29)27-12-6-7-13-27)26-21(28)16-8-4-5-9-18(16)25/h4-5,8-9,15H,6-7,10-14H2,1-3H3,(H,26,28)/t15-/m1/s1. The fourth-order valence-corrected chi connectivity index (χ4v) is 6.07. The Hall–Kier alpha value is -1.85. The van der Waals surface area contributed by atoms with Gasteiger partial charge in [0.25, 0.3) is 11.8 Å². The Morgan fingerprint density at radius 1 is 1.17 bits per heavy atom. The molecule has 1 aliphatic heterocycles. The second-order valence-electron chi connectivity index (χ2n) is 9.45. The molecule has 0 saturated carbocycles. The van der Waals surface area contributed by atoms with Gasteiger partial charge in [-0.1, -0.05) is 44.5 Å². The number of hydrogen-bond acceptors (Lipinski definition) is 3. The van der Waals surface area contributed by atoms with E-state index in [9.17, 15) is 9.59 Å². The van der Waals surface area contributed by atoms with Gasteiger partial charge in [-0.3, -0.25) is 9.59 Å². The number of carbonyl (C=O) groups is 2. The van der Waals surface area contributed by atoms with Crippen LogP contribution in [0.15, 0.2) is 24.3 Å². The number of hydrogen-bond donors (Lipinski definition) is 1. The number of anilines is 1. The number of likely N-dealkylation sites (tertiary alicyclic amines) is 1. The Labute approximate surface area is 187 Å². The molecule has 6 heteroatoms. The Kier molecular flexibility index (Phi) is 5.95. The summed E-state index contributed by atoms with van der Waals surface area (Å²) in [5.41, 5.74) is 2.51. The monoisotopic (exact) mass is 444 g/mol. The Balaban J connectivity index is 1.70. The summed E-state index contributed by atoms with van der Waals surface area (Å²) < 4.78 is 0. The normalized spacial score (nSPS) is 18.9. The molecule has 160 valence electrons. The van der Waals surface area contributed by atoms with Crippen LogP contribution >= 0.6 is 22.9 Å². The van der Waals surface area contributed by atoms with E-state index in [2.05, 4.69) is 26.1 Å². The maximum absolute atomic E-state index is 13.4. The lowest BCUT2D eigenvalue weighted by atomic mass is 9.72. The van der Waals surface area contributed by atoms with Crippen molar-refractivity contribution < 1.29 is 9.59 Å². The predicted octanol–water partition coefficient (Wildman–Crippen LogP) is 6.04. The average Bonchev–Trinajstić information content (AvgIpc) is 3.34. The molecule has 1 aromatic heterocycles. The van der Waals surface area contributed by atoms with E-state index < -0.39 is 0 Å². The lowest BCUT2D eigenvalue weighted by Crippen LogP contribution is -2.30. The zero-order valence-corrected chi connectivity index (χ0v) is 19.5. The van der Waals surface area contributed by atoms with Crippen molar-refractivity contribution in [1.29, 1.82) is 0 Å². The van der Waals surface area contributed by atoms with Crippen LogP contribution in [0.5, 0.6) is 0 Å². The second kappa shape index (κ2) is 8.35. The third-order valence-corrected chi connectivity index (χ3v) is 7.94. The average molecular weight is 445 g/mol. The van der Waals surface area contributed by atoms with Gasteiger partial charge in [0.05, 0.1) is 16.1 Å². The fraction of sp³-hybridized carbons (Fsp3) is 0.500. The van der Waals surface area contributed by atoms with E-state index in [4.69, 9.17) is 11.6 Å². The largest absolute Gasteiger partial charge is 0.339 e. The van der Waals surface area contributed by atoms with Crippen molar-refractivity contribution in [2.24, 2.45) is 11.3 Å². The highest BCUT2D eigenvalue weighted by molar-refractivity contribution is 7.17. The van der Waals surface area contributed by atoms with E-state index in [1.54, 1.807) is 35.6 Å². The molecule has 0 radical (unpaired) electrons. The maximum Gasteiger partial charge on any atom is 0.257 e. The van der Waals surface area contributed by atoms with Crippen molar-refractivity contribution in [3.63, 3.8) is 0 Å². The van der Waals surface area contributed by atoms with Crippen molar-refractivity contribution in [3.8, 4) is 0 Å². The number of halogens is 1. The summed E-state index contributed by atoms with van der Waals surface area (Å²) >= 11 is 7.80. The van der Waals surface area contributed by atoms with Crippen molar-refractivity contribution in [1.82, 2.24) is 4.90 Å². The number of nitrogens with one attached hydrogen (secondary N) is 1. The highest BCUT2D eigenvalue weighted by Crippen LogP contribution is 2.45. The van der Waals surface area contributed by atoms with Gasteiger partial charge in [0, 0.05) is 18.0 Å². The summed E-state index contributed by atoms with van der Waals surface area (Å²) in [6.45, 7) is 8.45. The van der Waals surface area contributed by atoms with Crippen LogP contribution in [0, 0.1) is 11.3 Å². The molecule has 1 N–H and O–H groups in total. The zero-order chi connectivity index (χ0) is 21.5. The molecule has 4 nitrogen and oxygen atoms in total. The van der Waals surface area contributed by atoms with E-state index in [0.717, 1.165) is 50.8 Å². The quantitative estimate of drug-likeness (QED) is 0.627. The highest BCUT2D eigenvalue weighted by atomic mass is 35.5. The summed E-state index contributed by atoms with van der Waals surface area (Å²) in [5, 5.41) is 4.12. The second-order valence-corrected chi connectivity index (χ2v) is 11.0. The minimum Gasteiger partial charge on any atom is -0.339 e. The summed E-state index contributed by atoms with van der Waals surface area (Å²) in [6.07, 6.45) is 5.03. The van der Waals surface area contributed by atoms with E-state index in [-0.39, 0.29) is 17.2 Å². The number of nitrogens with zero attached hydrogens (tertiary/aromatic N) is 1. The molecule has 1 aromatic carbocycles. The smallest absolute Gasteiger partial charge is 0.257 e. The van der Waals surface area contributed by atoms with Crippen LogP contribution in [0.4, 0.5) is 5.00 Å². The van der Waals surface area contributed by atoms with Gasteiger partial charge in [0.1, 0.15) is 5.00 Å². The lowest BCUT2D eigenvalue weighted by Gasteiger charge is -2.34. The number of rotatable bonds is 3. The Bertz CT molecular complexity index is 970. The molecule has 1 fully saturated rings. The van der Waals surface area contributed by atoms with Gasteiger partial charge in [-0.05, 0) is 61.1 Å². The van der Waals surface area contributed by atoms with E-state index in [1.807, 2.05) is 4.90 Å². The van der Waals surface area contributed by atoms with Crippen LogP contribution in [0.25, 0.3) is 0 Å². The van der Waals surface area contributed by atoms with Gasteiger partial charge in [-0.25, -0.2) is 0 Å². The third kappa shape index (κ3) is 4.15. The molecule has 4 rings (SSSR count). The topological polar surface area (TPSA) is 49.4 Å². The molecule has 2 aromatic rings. The molecule has 2 aliphatic rings. The number of benzene rings is 1. The minimum atomic E-state index is -0.262. The number of amides is 2. The van der Waals surface area contributed by atoms with Gasteiger partial charge in [-0.2, -0.15) is 0 Å². The Morgan fingerprint density at radius 2 is 1.87 bits per heavy atom. The molecule has 1 aliphatic carbocycles. The molecule has 1 atom stereocenters. The zero-order valence-electron chi connectivity index (χ0n) is 17.9. The maximum atomic E-state index is 13.4. The molecular formula is C24H29ClN2O2S. The Morgan fingerprint density at radius 3 is 2.53 bits per heavy atom. The first-order valence-electron chi connectivity index (χ1n) is 10.8. The van der Waals surface area contributed by atoms with Crippen LogP contribution in [0.2, 0.25) is 5.02 Å². The van der Waals surface area contributed by atoms with Crippen LogP contribution in [0.1, 0.15) is 71.2 Å². The van der Waals surface area contributed by atoms with Crippen LogP contribution in [0.3, 0.4) is 0 Å². The van der Waals surface area contributed by atoms with Crippen LogP contribution in [-0.4, -0.2) is 29.8 Å². The molecule has 0 unspecified atom stereocenters. The van der Waals surface area contributed by atoms with Gasteiger partial charge < -0.3 is 10.2 Å². The molecule has 2 heterocycles. The van der Waals surface area contributed by atoms with Crippen LogP contribution in [-0.2, 0) is 12.8 Å². The lowest BCUT2D eigenvalue weighted by molar-refractivity contribution is 0.0792.